The number of carbonyl (C=O) groups is 2. The Balaban J connectivity index is 1.65. The van der Waals surface area contributed by atoms with Crippen molar-refractivity contribution in [3.63, 3.8) is 0 Å². The molecule has 1 aliphatic rings. The fourth-order valence-electron chi connectivity index (χ4n) is 3.87. The van der Waals surface area contributed by atoms with E-state index in [1.807, 2.05) is 36.2 Å². The molecule has 1 N–H and O–H groups in total. The Morgan fingerprint density at radius 3 is 2.35 bits per heavy atom. The summed E-state index contributed by atoms with van der Waals surface area (Å²) in [4.78, 5) is 29.8. The quantitative estimate of drug-likeness (QED) is 0.770. The number of halogens is 1. The van der Waals surface area contributed by atoms with Gasteiger partial charge >= 0.3 is 0 Å². The van der Waals surface area contributed by atoms with Gasteiger partial charge in [0.25, 0.3) is 0 Å². The van der Waals surface area contributed by atoms with E-state index in [9.17, 15) is 14.0 Å². The summed E-state index contributed by atoms with van der Waals surface area (Å²) < 4.78 is 18.3. The second-order valence-corrected chi connectivity index (χ2v) is 8.50. The Morgan fingerprint density at radius 2 is 1.74 bits per heavy atom. The van der Waals surface area contributed by atoms with Gasteiger partial charge in [-0.3, -0.25) is 14.5 Å². The molecule has 166 valence electrons. The van der Waals surface area contributed by atoms with Gasteiger partial charge in [0.15, 0.2) is 0 Å². The van der Waals surface area contributed by atoms with Gasteiger partial charge in [-0.05, 0) is 56.3 Å². The van der Waals surface area contributed by atoms with Crippen LogP contribution < -0.4 is 10.1 Å². The molecule has 31 heavy (non-hydrogen) atoms. The number of ether oxygens (including phenoxy) is 1. The standard InChI is InChI=1S/C24H30FN3O3/c1-24(2,26-22(29)15-17-5-9-19(25)10-6-17)23(30)28-14-13-27(3)21(16-28)18-7-11-20(31-4)12-8-18/h5-12,21H,13-16H2,1-4H3,(H,26,29). The first-order chi connectivity index (χ1) is 14.7. The fourth-order valence-corrected chi connectivity index (χ4v) is 3.87. The lowest BCUT2D eigenvalue weighted by molar-refractivity contribution is -0.142. The third-order valence-corrected chi connectivity index (χ3v) is 5.70. The third kappa shape index (κ3) is 5.61. The molecule has 0 spiro atoms. The molecule has 1 aliphatic heterocycles. The van der Waals surface area contributed by atoms with E-state index < -0.39 is 5.54 Å². The number of nitrogens with zero attached hydrogens (tertiary/aromatic N) is 2. The average Bonchev–Trinajstić information content (AvgIpc) is 2.75. The van der Waals surface area contributed by atoms with Crippen molar-refractivity contribution in [1.29, 1.82) is 0 Å². The number of likely N-dealkylation sites (N-methyl/N-ethyl adjacent to an activating group) is 1. The average molecular weight is 428 g/mol. The van der Waals surface area contributed by atoms with Crippen molar-refractivity contribution >= 4 is 11.8 Å². The summed E-state index contributed by atoms with van der Waals surface area (Å²) in [6.45, 7) is 5.32. The minimum absolute atomic E-state index is 0.0642. The number of benzene rings is 2. The van der Waals surface area contributed by atoms with Gasteiger partial charge in [0.1, 0.15) is 17.1 Å². The van der Waals surface area contributed by atoms with Gasteiger partial charge in [-0.1, -0.05) is 24.3 Å². The SMILES string of the molecule is COc1ccc(C2CN(C(=O)C(C)(C)NC(=O)Cc3ccc(F)cc3)CCN2C)cc1. The van der Waals surface area contributed by atoms with Gasteiger partial charge in [-0.25, -0.2) is 4.39 Å². The van der Waals surface area contributed by atoms with E-state index in [0.717, 1.165) is 17.9 Å². The van der Waals surface area contributed by atoms with E-state index >= 15 is 0 Å². The molecular formula is C24H30FN3O3. The maximum Gasteiger partial charge on any atom is 0.247 e. The van der Waals surface area contributed by atoms with Crippen molar-refractivity contribution in [2.24, 2.45) is 0 Å². The lowest BCUT2D eigenvalue weighted by Crippen LogP contribution is -2.60. The van der Waals surface area contributed by atoms with Crippen molar-refractivity contribution in [3.05, 3.63) is 65.5 Å². The van der Waals surface area contributed by atoms with Gasteiger partial charge in [-0.15, -0.1) is 0 Å². The van der Waals surface area contributed by atoms with Crippen LogP contribution in [-0.2, 0) is 16.0 Å². The highest BCUT2D eigenvalue weighted by atomic mass is 19.1. The number of hydrogen-bond donors (Lipinski definition) is 1. The van der Waals surface area contributed by atoms with E-state index in [1.165, 1.54) is 12.1 Å². The normalized spacial score (nSPS) is 17.3. The van der Waals surface area contributed by atoms with E-state index in [0.29, 0.717) is 18.7 Å². The summed E-state index contributed by atoms with van der Waals surface area (Å²) >= 11 is 0. The van der Waals surface area contributed by atoms with Crippen LogP contribution in [0.4, 0.5) is 4.39 Å². The molecule has 2 aromatic rings. The number of nitrogens with one attached hydrogen (secondary N) is 1. The first kappa shape index (κ1) is 22.7. The molecule has 1 saturated heterocycles. The van der Waals surface area contributed by atoms with Crippen LogP contribution in [0.5, 0.6) is 5.75 Å². The van der Waals surface area contributed by atoms with Crippen LogP contribution in [0.1, 0.15) is 31.0 Å². The van der Waals surface area contributed by atoms with Gasteiger partial charge in [0, 0.05) is 19.6 Å². The van der Waals surface area contributed by atoms with Crippen LogP contribution >= 0.6 is 0 Å². The molecule has 0 radical (unpaired) electrons. The van der Waals surface area contributed by atoms with Crippen molar-refractivity contribution in [3.8, 4) is 5.75 Å². The van der Waals surface area contributed by atoms with Crippen molar-refractivity contribution in [2.45, 2.75) is 31.8 Å². The summed E-state index contributed by atoms with van der Waals surface area (Å²) in [5.41, 5.74) is 0.762. The molecule has 0 aliphatic carbocycles. The zero-order valence-corrected chi connectivity index (χ0v) is 18.5. The molecule has 3 rings (SSSR count). The first-order valence-corrected chi connectivity index (χ1v) is 10.4. The van der Waals surface area contributed by atoms with Crippen LogP contribution in [0, 0.1) is 5.82 Å². The number of amides is 2. The first-order valence-electron chi connectivity index (χ1n) is 10.4. The van der Waals surface area contributed by atoms with E-state index in [-0.39, 0.29) is 30.1 Å². The van der Waals surface area contributed by atoms with Gasteiger partial charge in [0.2, 0.25) is 11.8 Å². The monoisotopic (exact) mass is 427 g/mol. The number of carbonyl (C=O) groups excluding carboxylic acids is 2. The second kappa shape index (κ2) is 9.47. The van der Waals surface area contributed by atoms with E-state index in [1.54, 1.807) is 33.1 Å². The fraction of sp³-hybridized carbons (Fsp3) is 0.417. The van der Waals surface area contributed by atoms with E-state index in [4.69, 9.17) is 4.74 Å². The molecule has 0 aromatic heterocycles. The van der Waals surface area contributed by atoms with Crippen LogP contribution in [0.25, 0.3) is 0 Å². The van der Waals surface area contributed by atoms with Crippen LogP contribution in [0.15, 0.2) is 48.5 Å². The molecule has 6 nitrogen and oxygen atoms in total. The number of hydrogen-bond acceptors (Lipinski definition) is 4. The summed E-state index contributed by atoms with van der Waals surface area (Å²) in [5, 5.41) is 2.84. The predicted octanol–water partition coefficient (Wildman–Crippen LogP) is 2.79. The topological polar surface area (TPSA) is 61.9 Å². The zero-order chi connectivity index (χ0) is 22.6. The molecule has 1 heterocycles. The van der Waals surface area contributed by atoms with Gasteiger partial charge < -0.3 is 15.0 Å². The summed E-state index contributed by atoms with van der Waals surface area (Å²) in [7, 11) is 3.68. The Morgan fingerprint density at radius 1 is 1.10 bits per heavy atom. The van der Waals surface area contributed by atoms with Crippen molar-refractivity contribution in [1.82, 2.24) is 15.1 Å². The van der Waals surface area contributed by atoms with Crippen LogP contribution in [0.2, 0.25) is 0 Å². The Kier molecular flexibility index (Phi) is 6.95. The molecule has 7 heteroatoms. The highest BCUT2D eigenvalue weighted by Gasteiger charge is 2.37. The predicted molar refractivity (Wildman–Crippen MR) is 117 cm³/mol. The van der Waals surface area contributed by atoms with Crippen LogP contribution in [-0.4, -0.2) is 60.9 Å². The number of piperazine rings is 1. The molecule has 1 atom stereocenters. The Labute approximate surface area is 183 Å². The summed E-state index contributed by atoms with van der Waals surface area (Å²) in [5.74, 6) is 0.0543. The molecule has 1 unspecified atom stereocenters. The highest BCUT2D eigenvalue weighted by Crippen LogP contribution is 2.27. The second-order valence-electron chi connectivity index (χ2n) is 8.50. The third-order valence-electron chi connectivity index (χ3n) is 5.70. The lowest BCUT2D eigenvalue weighted by Gasteiger charge is -2.42. The maximum atomic E-state index is 13.3. The molecule has 2 amide bonds. The van der Waals surface area contributed by atoms with Gasteiger partial charge in [0.05, 0.1) is 19.6 Å². The summed E-state index contributed by atoms with van der Waals surface area (Å²) in [6, 6.07) is 13.7. The zero-order valence-electron chi connectivity index (χ0n) is 18.5. The van der Waals surface area contributed by atoms with Crippen molar-refractivity contribution in [2.75, 3.05) is 33.8 Å². The lowest BCUT2D eigenvalue weighted by atomic mass is 9.98. The largest absolute Gasteiger partial charge is 0.497 e. The Bertz CT molecular complexity index is 913. The number of rotatable bonds is 6. The molecule has 0 saturated carbocycles. The molecular weight excluding hydrogens is 397 g/mol. The molecule has 1 fully saturated rings. The van der Waals surface area contributed by atoms with Crippen LogP contribution in [0.3, 0.4) is 0 Å². The Hall–Kier alpha value is -2.93. The molecule has 2 aromatic carbocycles. The van der Waals surface area contributed by atoms with Gasteiger partial charge in [-0.2, -0.15) is 0 Å². The summed E-state index contributed by atoms with van der Waals surface area (Å²) in [6.07, 6.45) is 0.0915. The minimum atomic E-state index is -1.04. The van der Waals surface area contributed by atoms with Crippen molar-refractivity contribution < 1.29 is 18.7 Å². The van der Waals surface area contributed by atoms with E-state index in [2.05, 4.69) is 10.2 Å². The molecule has 0 bridgehead atoms. The number of methoxy groups -OCH3 is 1. The minimum Gasteiger partial charge on any atom is -0.497 e. The highest BCUT2D eigenvalue weighted by molar-refractivity contribution is 5.91. The smallest absolute Gasteiger partial charge is 0.247 e. The maximum absolute atomic E-state index is 13.3.